The first-order valence-corrected chi connectivity index (χ1v) is 5.50. The van der Waals surface area contributed by atoms with Crippen molar-refractivity contribution in [3.63, 3.8) is 0 Å². The molecule has 0 radical (unpaired) electrons. The van der Waals surface area contributed by atoms with Gasteiger partial charge in [0.05, 0.1) is 7.11 Å². The SMILES string of the molecule is COC(=O)C(O)Cc1ccc(OCC(C)=O)cc1. The van der Waals surface area contributed by atoms with Gasteiger partial charge in [-0.2, -0.15) is 0 Å². The topological polar surface area (TPSA) is 72.8 Å². The number of benzene rings is 1. The van der Waals surface area contributed by atoms with E-state index in [0.29, 0.717) is 5.75 Å². The molecular weight excluding hydrogens is 236 g/mol. The van der Waals surface area contributed by atoms with Gasteiger partial charge in [-0.05, 0) is 24.6 Å². The average molecular weight is 252 g/mol. The smallest absolute Gasteiger partial charge is 0.335 e. The lowest BCUT2D eigenvalue weighted by Crippen LogP contribution is -2.24. The number of ether oxygens (including phenoxy) is 2. The second kappa shape index (κ2) is 6.76. The third kappa shape index (κ3) is 4.55. The number of ketones is 1. The minimum Gasteiger partial charge on any atom is -0.486 e. The van der Waals surface area contributed by atoms with Crippen LogP contribution in [0.25, 0.3) is 0 Å². The summed E-state index contributed by atoms with van der Waals surface area (Å²) in [4.78, 5) is 21.8. The lowest BCUT2D eigenvalue weighted by molar-refractivity contribution is -0.150. The number of aliphatic hydroxyl groups excluding tert-OH is 1. The Morgan fingerprint density at radius 1 is 1.28 bits per heavy atom. The molecule has 0 bridgehead atoms. The van der Waals surface area contributed by atoms with Gasteiger partial charge in [-0.1, -0.05) is 12.1 Å². The Labute approximate surface area is 105 Å². The van der Waals surface area contributed by atoms with E-state index >= 15 is 0 Å². The number of aliphatic hydroxyl groups is 1. The van der Waals surface area contributed by atoms with Crippen molar-refractivity contribution in [2.75, 3.05) is 13.7 Å². The molecule has 5 nitrogen and oxygen atoms in total. The number of hydrogen-bond donors (Lipinski definition) is 1. The number of carbonyl (C=O) groups is 2. The van der Waals surface area contributed by atoms with Crippen LogP contribution in [0, 0.1) is 0 Å². The van der Waals surface area contributed by atoms with Crippen molar-refractivity contribution in [3.05, 3.63) is 29.8 Å². The summed E-state index contributed by atoms with van der Waals surface area (Å²) in [5, 5.41) is 9.47. The van der Waals surface area contributed by atoms with Crippen molar-refractivity contribution in [2.24, 2.45) is 0 Å². The lowest BCUT2D eigenvalue weighted by atomic mass is 10.1. The third-order valence-electron chi connectivity index (χ3n) is 2.27. The Hall–Kier alpha value is -1.88. The number of rotatable bonds is 6. The van der Waals surface area contributed by atoms with Gasteiger partial charge in [-0.3, -0.25) is 4.79 Å². The van der Waals surface area contributed by atoms with Gasteiger partial charge in [-0.15, -0.1) is 0 Å². The Balaban J connectivity index is 2.54. The summed E-state index contributed by atoms with van der Waals surface area (Å²) < 4.78 is 9.61. The maximum absolute atomic E-state index is 11.0. The molecule has 1 N–H and O–H groups in total. The van der Waals surface area contributed by atoms with E-state index in [9.17, 15) is 14.7 Å². The van der Waals surface area contributed by atoms with Crippen molar-refractivity contribution in [1.29, 1.82) is 0 Å². The maximum Gasteiger partial charge on any atom is 0.335 e. The first kappa shape index (κ1) is 14.2. The zero-order valence-electron chi connectivity index (χ0n) is 10.4. The number of hydrogen-bond acceptors (Lipinski definition) is 5. The summed E-state index contributed by atoms with van der Waals surface area (Å²) in [6, 6.07) is 6.81. The molecule has 0 saturated heterocycles. The number of Topliss-reactive ketones (excluding diaryl/α,β-unsaturated/α-hetero) is 1. The molecule has 0 aliphatic heterocycles. The zero-order chi connectivity index (χ0) is 13.5. The van der Waals surface area contributed by atoms with Crippen molar-refractivity contribution < 1.29 is 24.2 Å². The molecule has 1 aromatic rings. The summed E-state index contributed by atoms with van der Waals surface area (Å²) in [6.45, 7) is 1.48. The number of methoxy groups -OCH3 is 1. The van der Waals surface area contributed by atoms with E-state index in [4.69, 9.17) is 4.74 Å². The molecule has 1 rings (SSSR count). The van der Waals surface area contributed by atoms with Crippen LogP contribution < -0.4 is 4.74 Å². The first-order chi connectivity index (χ1) is 8.52. The molecular formula is C13H16O5. The monoisotopic (exact) mass is 252 g/mol. The molecule has 0 fully saturated rings. The highest BCUT2D eigenvalue weighted by atomic mass is 16.5. The molecule has 98 valence electrons. The molecule has 18 heavy (non-hydrogen) atoms. The Morgan fingerprint density at radius 3 is 2.39 bits per heavy atom. The molecule has 0 saturated carbocycles. The molecule has 1 unspecified atom stereocenters. The molecule has 1 atom stereocenters. The van der Waals surface area contributed by atoms with Crippen molar-refractivity contribution >= 4 is 11.8 Å². The maximum atomic E-state index is 11.0. The van der Waals surface area contributed by atoms with Gasteiger partial charge in [0.2, 0.25) is 0 Å². The predicted octanol–water partition coefficient (Wildman–Crippen LogP) is 0.731. The largest absolute Gasteiger partial charge is 0.486 e. The van der Waals surface area contributed by atoms with Crippen LogP contribution in [-0.4, -0.2) is 36.7 Å². The van der Waals surface area contributed by atoms with E-state index in [2.05, 4.69) is 4.74 Å². The van der Waals surface area contributed by atoms with Crippen LogP contribution in [0.2, 0.25) is 0 Å². The summed E-state index contributed by atoms with van der Waals surface area (Å²) in [5.41, 5.74) is 0.781. The highest BCUT2D eigenvalue weighted by Gasteiger charge is 2.15. The quantitative estimate of drug-likeness (QED) is 0.756. The van der Waals surface area contributed by atoms with Crippen LogP contribution in [0.1, 0.15) is 12.5 Å². The highest BCUT2D eigenvalue weighted by molar-refractivity contribution is 5.77. The predicted molar refractivity (Wildman–Crippen MR) is 64.3 cm³/mol. The normalized spacial score (nSPS) is 11.7. The fourth-order valence-corrected chi connectivity index (χ4v) is 1.35. The van der Waals surface area contributed by atoms with Crippen molar-refractivity contribution in [1.82, 2.24) is 0 Å². The van der Waals surface area contributed by atoms with E-state index in [-0.39, 0.29) is 18.8 Å². The van der Waals surface area contributed by atoms with E-state index in [0.717, 1.165) is 5.56 Å². The second-order valence-corrected chi connectivity index (χ2v) is 3.88. The van der Waals surface area contributed by atoms with Crippen molar-refractivity contribution in [3.8, 4) is 5.75 Å². The van der Waals surface area contributed by atoms with Gasteiger partial charge in [0.15, 0.2) is 11.9 Å². The molecule has 0 aliphatic rings. The van der Waals surface area contributed by atoms with Gasteiger partial charge >= 0.3 is 5.97 Å². The first-order valence-electron chi connectivity index (χ1n) is 5.50. The van der Waals surface area contributed by atoms with E-state index < -0.39 is 12.1 Å². The third-order valence-corrected chi connectivity index (χ3v) is 2.27. The van der Waals surface area contributed by atoms with Crippen LogP contribution in [0.4, 0.5) is 0 Å². The van der Waals surface area contributed by atoms with Gasteiger partial charge in [0.25, 0.3) is 0 Å². The van der Waals surface area contributed by atoms with Crippen molar-refractivity contribution in [2.45, 2.75) is 19.4 Å². The molecule has 1 aromatic carbocycles. The molecule has 5 heteroatoms. The standard InChI is InChI=1S/C13H16O5/c1-9(14)8-18-11-5-3-10(4-6-11)7-12(15)13(16)17-2/h3-6,12,15H,7-8H2,1-2H3. The zero-order valence-corrected chi connectivity index (χ0v) is 10.4. The van der Waals surface area contributed by atoms with Crippen LogP contribution in [-0.2, 0) is 20.7 Å². The summed E-state index contributed by atoms with van der Waals surface area (Å²) in [6.07, 6.45) is -0.987. The fourth-order valence-electron chi connectivity index (χ4n) is 1.35. The van der Waals surface area contributed by atoms with Gasteiger partial charge in [0, 0.05) is 6.42 Å². The Kier molecular flexibility index (Phi) is 5.32. The van der Waals surface area contributed by atoms with Crippen LogP contribution >= 0.6 is 0 Å². The highest BCUT2D eigenvalue weighted by Crippen LogP contribution is 2.13. The molecule has 0 spiro atoms. The Morgan fingerprint density at radius 2 is 1.89 bits per heavy atom. The minimum absolute atomic E-state index is 0.0319. The lowest BCUT2D eigenvalue weighted by Gasteiger charge is -2.09. The fraction of sp³-hybridized carbons (Fsp3) is 0.385. The Bertz CT molecular complexity index is 410. The number of carbonyl (C=O) groups excluding carboxylic acids is 2. The summed E-state index contributed by atoms with van der Waals surface area (Å²) in [5.74, 6) is -0.145. The summed E-state index contributed by atoms with van der Waals surface area (Å²) >= 11 is 0. The number of esters is 1. The van der Waals surface area contributed by atoms with Crippen LogP contribution in [0.5, 0.6) is 5.75 Å². The van der Waals surface area contributed by atoms with E-state index in [1.807, 2.05) is 0 Å². The minimum atomic E-state index is -1.17. The van der Waals surface area contributed by atoms with Gasteiger partial charge < -0.3 is 14.6 Å². The van der Waals surface area contributed by atoms with E-state index in [1.165, 1.54) is 14.0 Å². The van der Waals surface area contributed by atoms with Crippen LogP contribution in [0.3, 0.4) is 0 Å². The molecule has 0 aromatic heterocycles. The van der Waals surface area contributed by atoms with Gasteiger partial charge in [0.1, 0.15) is 12.4 Å². The summed E-state index contributed by atoms with van der Waals surface area (Å²) in [7, 11) is 1.23. The average Bonchev–Trinajstić information content (AvgIpc) is 2.36. The van der Waals surface area contributed by atoms with Gasteiger partial charge in [-0.25, -0.2) is 4.79 Å². The van der Waals surface area contributed by atoms with E-state index in [1.54, 1.807) is 24.3 Å². The molecule has 0 amide bonds. The second-order valence-electron chi connectivity index (χ2n) is 3.88. The van der Waals surface area contributed by atoms with Crippen LogP contribution in [0.15, 0.2) is 24.3 Å². The molecule has 0 aliphatic carbocycles. The molecule has 0 heterocycles.